The highest BCUT2D eigenvalue weighted by Gasteiger charge is 2.29. The zero-order valence-corrected chi connectivity index (χ0v) is 11.4. The van der Waals surface area contributed by atoms with Gasteiger partial charge >= 0.3 is 6.18 Å². The van der Waals surface area contributed by atoms with Crippen molar-refractivity contribution in [2.45, 2.75) is 20.0 Å². The normalized spacial score (nSPS) is 11.4. The van der Waals surface area contributed by atoms with E-state index in [1.54, 1.807) is 0 Å². The van der Waals surface area contributed by atoms with Gasteiger partial charge in [0, 0.05) is 0 Å². The molecule has 0 saturated carbocycles. The summed E-state index contributed by atoms with van der Waals surface area (Å²) in [6, 6.07) is 11.1. The van der Waals surface area contributed by atoms with E-state index in [4.69, 9.17) is 0 Å². The fraction of sp³-hybridized carbons (Fsp3) is 0.176. The standard InChI is InChI=1S/C17H15F3/c1-11-8-12(2)10-15(9-11)13(3)14-4-6-16(7-5-14)17(18,19)20/h4-10H,3H2,1-2H3. The fourth-order valence-electron chi connectivity index (χ4n) is 2.18. The van der Waals surface area contributed by atoms with Crippen LogP contribution in [0.5, 0.6) is 0 Å². The third kappa shape index (κ3) is 3.10. The number of hydrogen-bond donors (Lipinski definition) is 0. The van der Waals surface area contributed by atoms with Crippen LogP contribution in [0.15, 0.2) is 49.0 Å². The SMILES string of the molecule is C=C(c1ccc(C(F)(F)F)cc1)c1cc(C)cc(C)c1. The van der Waals surface area contributed by atoms with Crippen molar-refractivity contribution in [2.24, 2.45) is 0 Å². The quantitative estimate of drug-likeness (QED) is 0.690. The summed E-state index contributed by atoms with van der Waals surface area (Å²) in [5.74, 6) is 0. The van der Waals surface area contributed by atoms with E-state index in [-0.39, 0.29) is 0 Å². The summed E-state index contributed by atoms with van der Waals surface area (Å²) in [5, 5.41) is 0. The van der Waals surface area contributed by atoms with Crippen LogP contribution >= 0.6 is 0 Å². The minimum atomic E-state index is -4.31. The van der Waals surface area contributed by atoms with Crippen molar-refractivity contribution in [3.05, 3.63) is 76.9 Å². The van der Waals surface area contributed by atoms with E-state index >= 15 is 0 Å². The third-order valence-electron chi connectivity index (χ3n) is 3.13. The predicted molar refractivity (Wildman–Crippen MR) is 75.5 cm³/mol. The fourth-order valence-corrected chi connectivity index (χ4v) is 2.18. The molecule has 0 atom stereocenters. The molecule has 104 valence electrons. The van der Waals surface area contributed by atoms with Gasteiger partial charge in [-0.05, 0) is 42.7 Å². The summed E-state index contributed by atoms with van der Waals surface area (Å²) in [7, 11) is 0. The van der Waals surface area contributed by atoms with Crippen LogP contribution in [0.4, 0.5) is 13.2 Å². The minimum absolute atomic E-state index is 0.644. The molecule has 2 aromatic rings. The lowest BCUT2D eigenvalue weighted by molar-refractivity contribution is -0.137. The van der Waals surface area contributed by atoms with E-state index in [0.29, 0.717) is 5.56 Å². The molecule has 0 heterocycles. The largest absolute Gasteiger partial charge is 0.416 e. The molecule has 0 saturated heterocycles. The van der Waals surface area contributed by atoms with E-state index in [1.165, 1.54) is 12.1 Å². The first-order chi connectivity index (χ1) is 9.27. The van der Waals surface area contributed by atoms with Gasteiger partial charge in [0.05, 0.1) is 5.56 Å². The van der Waals surface area contributed by atoms with Gasteiger partial charge in [-0.2, -0.15) is 13.2 Å². The average molecular weight is 276 g/mol. The molecule has 0 fully saturated rings. The molecule has 0 aliphatic heterocycles. The number of benzene rings is 2. The van der Waals surface area contributed by atoms with Crippen molar-refractivity contribution < 1.29 is 13.2 Å². The van der Waals surface area contributed by atoms with Crippen molar-refractivity contribution in [1.82, 2.24) is 0 Å². The first-order valence-electron chi connectivity index (χ1n) is 6.22. The van der Waals surface area contributed by atoms with E-state index < -0.39 is 11.7 Å². The Morgan fingerprint density at radius 1 is 0.850 bits per heavy atom. The summed E-state index contributed by atoms with van der Waals surface area (Å²) < 4.78 is 37.6. The zero-order chi connectivity index (χ0) is 14.9. The Bertz CT molecular complexity index is 614. The summed E-state index contributed by atoms with van der Waals surface area (Å²) >= 11 is 0. The van der Waals surface area contributed by atoms with Gasteiger partial charge in [0.2, 0.25) is 0 Å². The Labute approximate surface area is 116 Å². The van der Waals surface area contributed by atoms with Gasteiger partial charge in [-0.15, -0.1) is 0 Å². The molecule has 3 heteroatoms. The van der Waals surface area contributed by atoms with Crippen LogP contribution in [0.3, 0.4) is 0 Å². The molecule has 0 unspecified atom stereocenters. The molecule has 0 bridgehead atoms. The van der Waals surface area contributed by atoms with Gasteiger partial charge in [-0.25, -0.2) is 0 Å². The molecule has 0 radical (unpaired) electrons. The van der Waals surface area contributed by atoms with Crippen LogP contribution < -0.4 is 0 Å². The van der Waals surface area contributed by atoms with Crippen molar-refractivity contribution >= 4 is 5.57 Å². The molecular weight excluding hydrogens is 261 g/mol. The highest BCUT2D eigenvalue weighted by molar-refractivity contribution is 5.78. The van der Waals surface area contributed by atoms with Crippen LogP contribution in [0, 0.1) is 13.8 Å². The molecular formula is C17H15F3. The first-order valence-corrected chi connectivity index (χ1v) is 6.22. The lowest BCUT2D eigenvalue weighted by Gasteiger charge is -2.11. The summed E-state index contributed by atoms with van der Waals surface area (Å²) in [5.41, 5.74) is 3.92. The number of hydrogen-bond acceptors (Lipinski definition) is 0. The van der Waals surface area contributed by atoms with Crippen LogP contribution in [-0.2, 0) is 6.18 Å². The first kappa shape index (κ1) is 14.4. The second-order valence-corrected chi connectivity index (χ2v) is 4.93. The molecule has 0 nitrogen and oxygen atoms in total. The van der Waals surface area contributed by atoms with Gasteiger partial charge in [-0.3, -0.25) is 0 Å². The molecule has 0 aromatic heterocycles. The van der Waals surface area contributed by atoms with Crippen molar-refractivity contribution in [1.29, 1.82) is 0 Å². The highest BCUT2D eigenvalue weighted by Crippen LogP contribution is 2.31. The van der Waals surface area contributed by atoms with Crippen molar-refractivity contribution in [2.75, 3.05) is 0 Å². The maximum absolute atomic E-state index is 12.5. The number of rotatable bonds is 2. The Kier molecular flexibility index (Phi) is 3.71. The maximum atomic E-state index is 12.5. The third-order valence-corrected chi connectivity index (χ3v) is 3.13. The lowest BCUT2D eigenvalue weighted by Crippen LogP contribution is -2.04. The van der Waals surface area contributed by atoms with Crippen LogP contribution in [-0.4, -0.2) is 0 Å². The Balaban J connectivity index is 2.34. The van der Waals surface area contributed by atoms with Gasteiger partial charge in [0.1, 0.15) is 0 Å². The zero-order valence-electron chi connectivity index (χ0n) is 11.4. The summed E-state index contributed by atoms with van der Waals surface area (Å²) in [6.45, 7) is 7.95. The molecule has 0 aliphatic rings. The molecule has 2 rings (SSSR count). The molecule has 0 aliphatic carbocycles. The average Bonchev–Trinajstić information content (AvgIpc) is 2.36. The lowest BCUT2D eigenvalue weighted by atomic mass is 9.96. The Hall–Kier alpha value is -2.03. The number of alkyl halides is 3. The minimum Gasteiger partial charge on any atom is -0.166 e. The highest BCUT2D eigenvalue weighted by atomic mass is 19.4. The molecule has 20 heavy (non-hydrogen) atoms. The summed E-state index contributed by atoms with van der Waals surface area (Å²) in [6.07, 6.45) is -4.31. The predicted octanol–water partition coefficient (Wildman–Crippen LogP) is 5.38. The van der Waals surface area contributed by atoms with Gasteiger partial charge in [-0.1, -0.05) is 48.0 Å². The van der Waals surface area contributed by atoms with Gasteiger partial charge in [0.15, 0.2) is 0 Å². The van der Waals surface area contributed by atoms with Crippen LogP contribution in [0.25, 0.3) is 5.57 Å². The van der Waals surface area contributed by atoms with Crippen molar-refractivity contribution in [3.63, 3.8) is 0 Å². The van der Waals surface area contributed by atoms with E-state index in [2.05, 4.69) is 6.58 Å². The smallest absolute Gasteiger partial charge is 0.166 e. The van der Waals surface area contributed by atoms with Crippen LogP contribution in [0.1, 0.15) is 27.8 Å². The van der Waals surface area contributed by atoms with Gasteiger partial charge in [0.25, 0.3) is 0 Å². The second-order valence-electron chi connectivity index (χ2n) is 4.93. The second kappa shape index (κ2) is 5.16. The summed E-state index contributed by atoms with van der Waals surface area (Å²) in [4.78, 5) is 0. The van der Waals surface area contributed by atoms with E-state index in [1.807, 2.05) is 32.0 Å². The number of halogens is 3. The molecule has 2 aromatic carbocycles. The van der Waals surface area contributed by atoms with Crippen LogP contribution in [0.2, 0.25) is 0 Å². The monoisotopic (exact) mass is 276 g/mol. The van der Waals surface area contributed by atoms with Gasteiger partial charge < -0.3 is 0 Å². The van der Waals surface area contributed by atoms with E-state index in [9.17, 15) is 13.2 Å². The van der Waals surface area contributed by atoms with Crippen molar-refractivity contribution in [3.8, 4) is 0 Å². The Morgan fingerprint density at radius 3 is 1.80 bits per heavy atom. The van der Waals surface area contributed by atoms with E-state index in [0.717, 1.165) is 34.4 Å². The maximum Gasteiger partial charge on any atom is 0.416 e. The topological polar surface area (TPSA) is 0 Å². The number of aryl methyl sites for hydroxylation is 2. The Morgan fingerprint density at radius 2 is 1.35 bits per heavy atom. The molecule has 0 amide bonds. The molecule has 0 N–H and O–H groups in total. The molecule has 0 spiro atoms.